The van der Waals surface area contributed by atoms with E-state index in [1.807, 2.05) is 25.2 Å². The lowest BCUT2D eigenvalue weighted by Crippen LogP contribution is -2.22. The lowest BCUT2D eigenvalue weighted by Gasteiger charge is -2.19. The molecule has 2 rings (SSSR count). The summed E-state index contributed by atoms with van der Waals surface area (Å²) >= 11 is 0. The van der Waals surface area contributed by atoms with Gasteiger partial charge in [-0.15, -0.1) is 0 Å². The van der Waals surface area contributed by atoms with Crippen LogP contribution in [-0.4, -0.2) is 28.3 Å². The number of likely N-dealkylation sites (N-methyl/N-ethyl adjacent to an activating group) is 1. The molecule has 1 aromatic carbocycles. The van der Waals surface area contributed by atoms with E-state index in [0.717, 1.165) is 18.1 Å². The third-order valence-electron chi connectivity index (χ3n) is 3.30. The average molecular weight is 297 g/mol. The van der Waals surface area contributed by atoms with Gasteiger partial charge in [0.05, 0.1) is 11.8 Å². The number of hydrogen-bond donors (Lipinski definition) is 0. The fraction of sp³-hybridized carbons (Fsp3) is 0.400. The predicted molar refractivity (Wildman–Crippen MR) is 74.7 cm³/mol. The van der Waals surface area contributed by atoms with Gasteiger partial charge in [0, 0.05) is 26.3 Å². The summed E-state index contributed by atoms with van der Waals surface area (Å²) in [5.41, 5.74) is 0.824. The van der Waals surface area contributed by atoms with Crippen molar-refractivity contribution in [1.82, 2.24) is 14.7 Å². The van der Waals surface area contributed by atoms with Crippen molar-refractivity contribution in [2.24, 2.45) is 7.05 Å². The Morgan fingerprint density at radius 2 is 1.95 bits per heavy atom. The zero-order valence-corrected chi connectivity index (χ0v) is 12.1. The zero-order chi connectivity index (χ0) is 15.5. The largest absolute Gasteiger partial charge is 0.416 e. The summed E-state index contributed by atoms with van der Waals surface area (Å²) in [6.07, 6.45) is 0.147. The van der Waals surface area contributed by atoms with Crippen molar-refractivity contribution in [2.45, 2.75) is 19.1 Å². The Hall–Kier alpha value is -1.82. The van der Waals surface area contributed by atoms with Crippen LogP contribution in [0.2, 0.25) is 0 Å². The van der Waals surface area contributed by atoms with Crippen LogP contribution in [0.4, 0.5) is 13.2 Å². The summed E-state index contributed by atoms with van der Waals surface area (Å²) in [5, 5.41) is 4.07. The maximum Gasteiger partial charge on any atom is 0.416 e. The highest BCUT2D eigenvalue weighted by Gasteiger charge is 2.32. The molecule has 1 heterocycles. The van der Waals surface area contributed by atoms with Crippen molar-refractivity contribution in [3.63, 3.8) is 0 Å². The highest BCUT2D eigenvalue weighted by atomic mass is 19.4. The monoisotopic (exact) mass is 297 g/mol. The van der Waals surface area contributed by atoms with Gasteiger partial charge in [0.1, 0.15) is 0 Å². The second kappa shape index (κ2) is 6.30. The molecule has 0 aliphatic heterocycles. The van der Waals surface area contributed by atoms with Crippen LogP contribution in [0.5, 0.6) is 0 Å². The van der Waals surface area contributed by atoms with Crippen molar-refractivity contribution in [3.8, 4) is 0 Å². The van der Waals surface area contributed by atoms with E-state index in [0.29, 0.717) is 12.1 Å². The second-order valence-corrected chi connectivity index (χ2v) is 5.16. The third kappa shape index (κ3) is 4.32. The Kier molecular flexibility index (Phi) is 4.67. The molecular formula is C15H18F3N3. The molecule has 21 heavy (non-hydrogen) atoms. The Bertz CT molecular complexity index is 590. The number of alkyl halides is 3. The molecule has 0 spiro atoms. The first-order valence-electron chi connectivity index (χ1n) is 6.67. The number of hydrogen-bond acceptors (Lipinski definition) is 2. The molecule has 0 bridgehead atoms. The van der Waals surface area contributed by atoms with Gasteiger partial charge in [-0.05, 0) is 30.7 Å². The van der Waals surface area contributed by atoms with Gasteiger partial charge in [-0.2, -0.15) is 18.3 Å². The summed E-state index contributed by atoms with van der Waals surface area (Å²) in [6.45, 7) is 0.952. The minimum atomic E-state index is -4.30. The van der Waals surface area contributed by atoms with Crippen molar-refractivity contribution in [3.05, 3.63) is 53.3 Å². The number of halogens is 3. The first-order chi connectivity index (χ1) is 9.86. The quantitative estimate of drug-likeness (QED) is 0.845. The van der Waals surface area contributed by atoms with E-state index in [9.17, 15) is 13.2 Å². The number of rotatable bonds is 5. The third-order valence-corrected chi connectivity index (χ3v) is 3.30. The van der Waals surface area contributed by atoms with E-state index in [1.54, 1.807) is 16.9 Å². The molecular weight excluding hydrogens is 279 g/mol. The smallest absolute Gasteiger partial charge is 0.302 e. The minimum absolute atomic E-state index is 0.274. The van der Waals surface area contributed by atoms with Gasteiger partial charge in [-0.25, -0.2) is 0 Å². The molecule has 0 saturated heterocycles. The van der Waals surface area contributed by atoms with E-state index in [1.165, 1.54) is 12.1 Å². The second-order valence-electron chi connectivity index (χ2n) is 5.16. The summed E-state index contributed by atoms with van der Waals surface area (Å²) < 4.78 is 40.5. The van der Waals surface area contributed by atoms with E-state index in [4.69, 9.17) is 0 Å². The van der Waals surface area contributed by atoms with Crippen molar-refractivity contribution in [2.75, 3.05) is 13.6 Å². The molecule has 6 heteroatoms. The topological polar surface area (TPSA) is 21.1 Å². The van der Waals surface area contributed by atoms with Crippen LogP contribution in [0.3, 0.4) is 0 Å². The normalized spacial score (nSPS) is 12.1. The molecule has 114 valence electrons. The van der Waals surface area contributed by atoms with E-state index >= 15 is 0 Å². The van der Waals surface area contributed by atoms with Gasteiger partial charge in [0.2, 0.25) is 0 Å². The highest BCUT2D eigenvalue weighted by molar-refractivity contribution is 5.29. The van der Waals surface area contributed by atoms with Gasteiger partial charge in [-0.1, -0.05) is 18.2 Å². The summed E-state index contributed by atoms with van der Waals surface area (Å²) in [5.74, 6) is 0. The maximum absolute atomic E-state index is 12.9. The fourth-order valence-electron chi connectivity index (χ4n) is 2.23. The standard InChI is InChI=1S/C15H18F3N3/c1-20(8-7-12-9-19-21(2)10-12)11-13-5-3-4-6-14(13)15(16,17)18/h3-6,9-10H,7-8,11H2,1-2H3. The first kappa shape index (κ1) is 15.6. The van der Waals surface area contributed by atoms with Crippen molar-refractivity contribution in [1.29, 1.82) is 0 Å². The Labute approximate surface area is 122 Å². The van der Waals surface area contributed by atoms with Gasteiger partial charge in [-0.3, -0.25) is 4.68 Å². The lowest BCUT2D eigenvalue weighted by atomic mass is 10.1. The highest BCUT2D eigenvalue weighted by Crippen LogP contribution is 2.32. The molecule has 2 aromatic rings. The molecule has 1 aromatic heterocycles. The van der Waals surface area contributed by atoms with Crippen LogP contribution in [0, 0.1) is 0 Å². The van der Waals surface area contributed by atoms with E-state index < -0.39 is 11.7 Å². The van der Waals surface area contributed by atoms with E-state index in [-0.39, 0.29) is 6.54 Å². The number of aryl methyl sites for hydroxylation is 1. The van der Waals surface area contributed by atoms with Crippen LogP contribution in [0.25, 0.3) is 0 Å². The molecule has 0 aliphatic rings. The Balaban J connectivity index is 1.98. The van der Waals surface area contributed by atoms with Crippen LogP contribution in [0.15, 0.2) is 36.7 Å². The number of benzene rings is 1. The molecule has 0 N–H and O–H groups in total. The Morgan fingerprint density at radius 1 is 1.24 bits per heavy atom. The van der Waals surface area contributed by atoms with E-state index in [2.05, 4.69) is 5.10 Å². The SMILES string of the molecule is CN(CCc1cnn(C)c1)Cc1ccccc1C(F)(F)F. The molecule has 0 fully saturated rings. The van der Waals surface area contributed by atoms with Gasteiger partial charge < -0.3 is 4.90 Å². The molecule has 0 aliphatic carbocycles. The van der Waals surface area contributed by atoms with Crippen LogP contribution in [0.1, 0.15) is 16.7 Å². The fourth-order valence-corrected chi connectivity index (χ4v) is 2.23. The van der Waals surface area contributed by atoms with Crippen LogP contribution in [-0.2, 0) is 26.2 Å². The average Bonchev–Trinajstić information content (AvgIpc) is 2.82. The number of aromatic nitrogens is 2. The summed E-state index contributed by atoms with van der Waals surface area (Å²) in [6, 6.07) is 5.72. The Morgan fingerprint density at radius 3 is 2.57 bits per heavy atom. The van der Waals surface area contributed by atoms with Crippen molar-refractivity contribution < 1.29 is 13.2 Å². The lowest BCUT2D eigenvalue weighted by molar-refractivity contribution is -0.138. The minimum Gasteiger partial charge on any atom is -0.302 e. The first-order valence-corrected chi connectivity index (χ1v) is 6.67. The predicted octanol–water partition coefficient (Wildman–Crippen LogP) is 3.11. The number of nitrogens with zero attached hydrogens (tertiary/aromatic N) is 3. The maximum atomic E-state index is 12.9. The van der Waals surface area contributed by atoms with Gasteiger partial charge >= 0.3 is 6.18 Å². The summed E-state index contributed by atoms with van der Waals surface area (Å²) in [4.78, 5) is 1.89. The van der Waals surface area contributed by atoms with Crippen LogP contribution < -0.4 is 0 Å². The molecule has 0 unspecified atom stereocenters. The zero-order valence-electron chi connectivity index (χ0n) is 12.1. The molecule has 3 nitrogen and oxygen atoms in total. The van der Waals surface area contributed by atoms with Gasteiger partial charge in [0.25, 0.3) is 0 Å². The molecule has 0 amide bonds. The molecule has 0 radical (unpaired) electrons. The van der Waals surface area contributed by atoms with Gasteiger partial charge in [0.15, 0.2) is 0 Å². The molecule has 0 saturated carbocycles. The summed E-state index contributed by atoms with van der Waals surface area (Å²) in [7, 11) is 3.66. The van der Waals surface area contributed by atoms with Crippen molar-refractivity contribution >= 4 is 0 Å². The molecule has 0 atom stereocenters. The van der Waals surface area contributed by atoms with Crippen LogP contribution >= 0.6 is 0 Å².